The summed E-state index contributed by atoms with van der Waals surface area (Å²) < 4.78 is 42.6. The van der Waals surface area contributed by atoms with Crippen LogP contribution in [0, 0.1) is 0 Å². The van der Waals surface area contributed by atoms with Crippen LogP contribution in [-0.2, 0) is 0 Å². The van der Waals surface area contributed by atoms with Gasteiger partial charge in [0.15, 0.2) is 11.0 Å². The molecule has 5 rings (SSSR count). The van der Waals surface area contributed by atoms with E-state index in [4.69, 9.17) is 0 Å². The predicted molar refractivity (Wildman–Crippen MR) is 153 cm³/mol. The lowest BCUT2D eigenvalue weighted by atomic mass is 9.96. The van der Waals surface area contributed by atoms with Crippen LogP contribution in [0.5, 0.6) is 5.75 Å². The summed E-state index contributed by atoms with van der Waals surface area (Å²) in [6, 6.07) is 21.5. The summed E-state index contributed by atoms with van der Waals surface area (Å²) in [6.07, 6.45) is -0.445. The molecule has 1 aromatic heterocycles. The van der Waals surface area contributed by atoms with E-state index in [1.807, 2.05) is 24.3 Å². The molecule has 0 radical (unpaired) electrons. The number of ether oxygens (including phenoxy) is 1. The van der Waals surface area contributed by atoms with E-state index in [1.165, 1.54) is 46.5 Å². The highest BCUT2D eigenvalue weighted by atomic mass is 32.2. The molecule has 0 bridgehead atoms. The Labute approximate surface area is 234 Å². The Hall–Kier alpha value is -4.12. The summed E-state index contributed by atoms with van der Waals surface area (Å²) >= 11 is 1.70. The fourth-order valence-electron chi connectivity index (χ4n) is 4.26. The molecule has 1 saturated heterocycles. The lowest BCUT2D eigenvalue weighted by Gasteiger charge is -2.23. The monoisotopic (exact) mass is 564 g/mol. The predicted octanol–water partition coefficient (Wildman–Crippen LogP) is 7.29. The Morgan fingerprint density at radius 1 is 1.05 bits per heavy atom. The lowest BCUT2D eigenvalue weighted by Crippen LogP contribution is -2.25. The summed E-state index contributed by atoms with van der Waals surface area (Å²) in [5.74, 6) is 1.61. The lowest BCUT2D eigenvalue weighted by molar-refractivity contribution is -0.274. The van der Waals surface area contributed by atoms with Gasteiger partial charge in [-0.2, -0.15) is 5.10 Å². The summed E-state index contributed by atoms with van der Waals surface area (Å²) in [5.41, 5.74) is 4.74. The van der Waals surface area contributed by atoms with Crippen molar-refractivity contribution in [1.29, 1.82) is 0 Å². The maximum Gasteiger partial charge on any atom is 0.573 e. The number of hydrogen-bond donors (Lipinski definition) is 0. The number of anilines is 1. The summed E-state index contributed by atoms with van der Waals surface area (Å²) in [6.45, 7) is 5.34. The van der Waals surface area contributed by atoms with Gasteiger partial charge in [0.2, 0.25) is 0 Å². The van der Waals surface area contributed by atoms with Gasteiger partial charge in [-0.1, -0.05) is 68.1 Å². The number of halogens is 3. The van der Waals surface area contributed by atoms with E-state index in [0.717, 1.165) is 35.0 Å². The largest absolute Gasteiger partial charge is 0.573 e. The Kier molecular flexibility index (Phi) is 8.20. The molecule has 0 spiro atoms. The van der Waals surface area contributed by atoms with Crippen LogP contribution >= 0.6 is 11.8 Å². The molecule has 2 heterocycles. The van der Waals surface area contributed by atoms with E-state index in [0.29, 0.717) is 17.4 Å². The first kappa shape index (κ1) is 27.4. The topological polar surface area (TPSA) is 67.9 Å². The van der Waals surface area contributed by atoms with Crippen molar-refractivity contribution in [1.82, 2.24) is 14.8 Å². The quantitative estimate of drug-likeness (QED) is 0.166. The molecule has 1 aliphatic rings. The summed E-state index contributed by atoms with van der Waals surface area (Å²) in [4.78, 5) is 6.57. The fourth-order valence-corrected chi connectivity index (χ4v) is 5.17. The van der Waals surface area contributed by atoms with Crippen LogP contribution in [-0.4, -0.2) is 44.8 Å². The summed E-state index contributed by atoms with van der Waals surface area (Å²) in [5, 5.41) is 14.2. The van der Waals surface area contributed by atoms with Crippen LogP contribution in [0.1, 0.15) is 37.3 Å². The molecule has 0 N–H and O–H groups in total. The summed E-state index contributed by atoms with van der Waals surface area (Å²) in [7, 11) is 0. The molecule has 4 aromatic rings. The van der Waals surface area contributed by atoms with Crippen molar-refractivity contribution < 1.29 is 17.9 Å². The van der Waals surface area contributed by atoms with Gasteiger partial charge in [-0.15, -0.1) is 23.4 Å². The van der Waals surface area contributed by atoms with E-state index in [-0.39, 0.29) is 5.75 Å². The van der Waals surface area contributed by atoms with Crippen molar-refractivity contribution in [3.63, 3.8) is 0 Å². The number of rotatable bonds is 8. The minimum atomic E-state index is -4.74. The van der Waals surface area contributed by atoms with Crippen LogP contribution in [0.2, 0.25) is 0 Å². The van der Waals surface area contributed by atoms with E-state index in [9.17, 15) is 13.2 Å². The van der Waals surface area contributed by atoms with Crippen LogP contribution in [0.3, 0.4) is 0 Å². The Bertz CT molecular complexity index is 1500. The van der Waals surface area contributed by atoms with Gasteiger partial charge in [0, 0.05) is 23.5 Å². The van der Waals surface area contributed by atoms with Gasteiger partial charge >= 0.3 is 6.36 Å². The van der Waals surface area contributed by atoms with Gasteiger partial charge in [0.25, 0.3) is 0 Å². The molecular formula is C29H27F3N6OS. The molecule has 206 valence electrons. The van der Waals surface area contributed by atoms with Crippen molar-refractivity contribution in [3.05, 3.63) is 90.3 Å². The minimum absolute atomic E-state index is 0.297. The van der Waals surface area contributed by atoms with Gasteiger partial charge in [0.05, 0.1) is 11.9 Å². The molecule has 0 aliphatic carbocycles. The van der Waals surface area contributed by atoms with E-state index in [2.05, 4.69) is 68.0 Å². The number of para-hydroxylation sites is 1. The normalized spacial score (nSPS) is 15.7. The molecule has 3 aromatic carbocycles. The van der Waals surface area contributed by atoms with Crippen molar-refractivity contribution in [2.24, 2.45) is 10.2 Å². The van der Waals surface area contributed by atoms with Crippen molar-refractivity contribution >= 4 is 28.8 Å². The molecular weight excluding hydrogens is 537 g/mol. The first-order valence-corrected chi connectivity index (χ1v) is 13.8. The number of aromatic nitrogens is 3. The number of alkyl halides is 3. The maximum atomic E-state index is 12.4. The van der Waals surface area contributed by atoms with Crippen LogP contribution in [0.15, 0.2) is 89.3 Å². The van der Waals surface area contributed by atoms with E-state index < -0.39 is 6.36 Å². The van der Waals surface area contributed by atoms with Gasteiger partial charge in [-0.25, -0.2) is 9.67 Å². The fraction of sp³-hybridized carbons (Fsp3) is 0.241. The molecule has 7 nitrogen and oxygen atoms in total. The van der Waals surface area contributed by atoms with Crippen LogP contribution in [0.25, 0.3) is 17.1 Å². The minimum Gasteiger partial charge on any atom is -0.406 e. The second-order valence-electron chi connectivity index (χ2n) is 9.17. The number of benzene rings is 3. The second kappa shape index (κ2) is 12.0. The first-order chi connectivity index (χ1) is 19.3. The van der Waals surface area contributed by atoms with Crippen molar-refractivity contribution in [3.8, 4) is 22.8 Å². The molecule has 11 heteroatoms. The average molecular weight is 565 g/mol. The highest BCUT2D eigenvalue weighted by Gasteiger charge is 2.31. The maximum absolute atomic E-state index is 12.4. The molecule has 0 amide bonds. The first-order valence-electron chi connectivity index (χ1n) is 12.8. The zero-order valence-electron chi connectivity index (χ0n) is 21.9. The third kappa shape index (κ3) is 6.53. The smallest absolute Gasteiger partial charge is 0.406 e. The Balaban J connectivity index is 1.25. The van der Waals surface area contributed by atoms with E-state index >= 15 is 0 Å². The van der Waals surface area contributed by atoms with Gasteiger partial charge in [-0.05, 0) is 53.8 Å². The standard InChI is InChI=1S/C29H27F3N6OS/c1-3-20(2)25-6-4-5-7-26(25)37-16-17-40-28(37)35-34-18-21-8-10-22(11-9-21)27-33-19-38(36-27)23-12-14-24(15-13-23)39-29(30,31)32/h4-15,18-20H,3,16-17H2,1-2H3/b34-18+,35-28-. The van der Waals surface area contributed by atoms with Crippen molar-refractivity contribution in [2.75, 3.05) is 17.2 Å². The number of hydrogen-bond acceptors (Lipinski definition) is 6. The van der Waals surface area contributed by atoms with Crippen LogP contribution < -0.4 is 9.64 Å². The Morgan fingerprint density at radius 2 is 1.80 bits per heavy atom. The number of nitrogens with zero attached hydrogens (tertiary/aromatic N) is 6. The van der Waals surface area contributed by atoms with Gasteiger partial charge in [0.1, 0.15) is 12.1 Å². The van der Waals surface area contributed by atoms with Gasteiger partial charge < -0.3 is 9.64 Å². The third-order valence-electron chi connectivity index (χ3n) is 6.49. The highest BCUT2D eigenvalue weighted by molar-refractivity contribution is 8.14. The SMILES string of the molecule is CCC(C)c1ccccc1N1CCS/C1=N\N=C\c1ccc(-c2ncn(-c3ccc(OC(F)(F)F)cc3)n2)cc1. The van der Waals surface area contributed by atoms with E-state index in [1.54, 1.807) is 18.0 Å². The molecule has 1 unspecified atom stereocenters. The van der Waals surface area contributed by atoms with Crippen LogP contribution in [0.4, 0.5) is 18.9 Å². The Morgan fingerprint density at radius 3 is 2.52 bits per heavy atom. The molecule has 40 heavy (non-hydrogen) atoms. The average Bonchev–Trinajstić information content (AvgIpc) is 3.63. The molecule has 1 atom stereocenters. The molecule has 1 fully saturated rings. The van der Waals surface area contributed by atoms with Gasteiger partial charge in [-0.3, -0.25) is 0 Å². The molecule has 0 saturated carbocycles. The molecule has 1 aliphatic heterocycles. The third-order valence-corrected chi connectivity index (χ3v) is 7.44. The highest BCUT2D eigenvalue weighted by Crippen LogP contribution is 2.34. The van der Waals surface area contributed by atoms with Crippen molar-refractivity contribution in [2.45, 2.75) is 32.5 Å². The number of thioether (sulfide) groups is 1. The zero-order chi connectivity index (χ0) is 28.1. The zero-order valence-corrected chi connectivity index (χ0v) is 22.7. The second-order valence-corrected chi connectivity index (χ2v) is 10.2. The number of amidine groups is 1.